The van der Waals surface area contributed by atoms with Crippen molar-refractivity contribution in [2.75, 3.05) is 0 Å². The summed E-state index contributed by atoms with van der Waals surface area (Å²) in [5.41, 5.74) is 7.93. The molecule has 0 aliphatic rings. The molecule has 2 nitrogen and oxygen atoms in total. The molecule has 0 amide bonds. The van der Waals surface area contributed by atoms with E-state index in [0.717, 1.165) is 65.0 Å². The Morgan fingerprint density at radius 1 is 0.202 bits per heavy atom. The maximum Gasteiger partial charge on any atom is 0.136 e. The standard InChI is InChI=1S/C46H28O.C36H22O/c1-2-12-29(13-3-1)34-24-32-16-6-7-17-35(32)42(27-34)46-38-20-10-8-18-36(38)45(37-19-9-11-21-39(37)46)33-22-23-43-40(26-33)41-25-30-14-4-5-15-31(30)28-44(41)47-43;1-2-10-23(11-3-1)35-27-14-6-8-16-29(27)36(30-17-9-7-15-28(30)35)26-18-19-33-31(21-26)32-20-24-12-4-5-13-25(24)22-34(32)37-33/h1-28H;1-22H/i8D,9D,10D,11D,18D,19D,20D,21D;6D,7D,8D,9D,14D,15D,16D,17D. The number of hydrogen-bond donors (Lipinski definition) is 0. The minimum Gasteiger partial charge on any atom is -0.456 e. The van der Waals surface area contributed by atoms with Crippen LogP contribution >= 0.6 is 0 Å². The number of furan rings is 2. The van der Waals surface area contributed by atoms with Gasteiger partial charge in [0.15, 0.2) is 0 Å². The van der Waals surface area contributed by atoms with E-state index in [-0.39, 0.29) is 91.4 Å². The number of rotatable bonds is 5. The van der Waals surface area contributed by atoms with Gasteiger partial charge < -0.3 is 8.83 Å². The molecular weight excluding hydrogens is 1020 g/mol. The largest absolute Gasteiger partial charge is 0.456 e. The zero-order valence-corrected chi connectivity index (χ0v) is 44.4. The summed E-state index contributed by atoms with van der Waals surface area (Å²) in [6.07, 6.45) is 0. The van der Waals surface area contributed by atoms with Crippen LogP contribution in [-0.2, 0) is 0 Å². The van der Waals surface area contributed by atoms with Crippen LogP contribution in [0.2, 0.25) is 0 Å². The second kappa shape index (κ2) is 19.3. The molecule has 84 heavy (non-hydrogen) atoms. The number of fused-ring (bicyclic) bond motifs is 13. The van der Waals surface area contributed by atoms with Crippen molar-refractivity contribution in [3.05, 3.63) is 303 Å². The third-order valence-corrected chi connectivity index (χ3v) is 16.3. The van der Waals surface area contributed by atoms with Gasteiger partial charge in [0.05, 0.1) is 21.9 Å². The van der Waals surface area contributed by atoms with Crippen molar-refractivity contribution in [1.82, 2.24) is 0 Å². The minimum atomic E-state index is -0.436. The van der Waals surface area contributed by atoms with Gasteiger partial charge in [-0.25, -0.2) is 0 Å². The van der Waals surface area contributed by atoms with Crippen molar-refractivity contribution in [3.8, 4) is 55.6 Å². The molecule has 18 aromatic rings. The van der Waals surface area contributed by atoms with Gasteiger partial charge in [0.1, 0.15) is 22.3 Å². The summed E-state index contributed by atoms with van der Waals surface area (Å²) in [4.78, 5) is 0. The van der Waals surface area contributed by atoms with Crippen LogP contribution in [0.3, 0.4) is 0 Å². The van der Waals surface area contributed by atoms with E-state index in [0.29, 0.717) is 66.8 Å². The summed E-state index contributed by atoms with van der Waals surface area (Å²) in [6, 6.07) is 59.8. The van der Waals surface area contributed by atoms with Crippen LogP contribution in [0.25, 0.3) is 175 Å². The van der Waals surface area contributed by atoms with E-state index in [1.165, 1.54) is 0 Å². The Labute approximate surface area is 506 Å². The predicted octanol–water partition coefficient (Wildman–Crippen LogP) is 23.6. The van der Waals surface area contributed by atoms with Gasteiger partial charge in [-0.15, -0.1) is 0 Å². The Balaban J connectivity index is 0.000000153. The van der Waals surface area contributed by atoms with Gasteiger partial charge in [0.2, 0.25) is 0 Å². The van der Waals surface area contributed by atoms with Crippen LogP contribution in [0.1, 0.15) is 21.9 Å². The Morgan fingerprint density at radius 3 is 0.988 bits per heavy atom. The number of hydrogen-bond acceptors (Lipinski definition) is 2. The van der Waals surface area contributed by atoms with Crippen LogP contribution < -0.4 is 0 Å². The van der Waals surface area contributed by atoms with E-state index in [1.54, 1.807) is 42.5 Å². The zero-order chi connectivity index (χ0) is 69.2. The molecule has 0 radical (unpaired) electrons. The van der Waals surface area contributed by atoms with Gasteiger partial charge in [0, 0.05) is 21.5 Å². The molecule has 390 valence electrons. The first-order chi connectivity index (χ1) is 48.3. The average Bonchev–Trinajstić information content (AvgIpc) is 0.830. The summed E-state index contributed by atoms with van der Waals surface area (Å²) in [5.74, 6) is 0. The van der Waals surface area contributed by atoms with Crippen molar-refractivity contribution in [2.45, 2.75) is 0 Å². The third kappa shape index (κ3) is 7.73. The topological polar surface area (TPSA) is 26.3 Å². The van der Waals surface area contributed by atoms with Crippen molar-refractivity contribution in [1.29, 1.82) is 0 Å². The molecule has 0 saturated carbocycles. The van der Waals surface area contributed by atoms with Crippen molar-refractivity contribution in [2.24, 2.45) is 0 Å². The van der Waals surface area contributed by atoms with Crippen LogP contribution in [0.15, 0.2) is 312 Å². The van der Waals surface area contributed by atoms with Crippen molar-refractivity contribution < 1.29 is 30.8 Å². The lowest BCUT2D eigenvalue weighted by molar-refractivity contribution is 0.669. The lowest BCUT2D eigenvalue weighted by Gasteiger charge is -2.19. The molecule has 0 saturated heterocycles. The maximum atomic E-state index is 9.49. The van der Waals surface area contributed by atoms with E-state index in [4.69, 9.17) is 25.3 Å². The van der Waals surface area contributed by atoms with Crippen molar-refractivity contribution in [3.63, 3.8) is 0 Å². The molecule has 2 aromatic heterocycles. The third-order valence-electron chi connectivity index (χ3n) is 16.3. The molecule has 0 atom stereocenters. The summed E-state index contributed by atoms with van der Waals surface area (Å²) in [5, 5.41) is 10.5. The lowest BCUT2D eigenvalue weighted by atomic mass is 9.83. The Bertz CT molecular complexity index is 6500. The monoisotopic (exact) mass is 1080 g/mol. The van der Waals surface area contributed by atoms with E-state index >= 15 is 0 Å². The zero-order valence-electron chi connectivity index (χ0n) is 60.4. The molecule has 2 heteroatoms. The van der Waals surface area contributed by atoms with E-state index < -0.39 is 48.3 Å². The molecule has 0 unspecified atom stereocenters. The summed E-state index contributed by atoms with van der Waals surface area (Å²) >= 11 is 0. The fourth-order valence-corrected chi connectivity index (χ4v) is 12.5. The Kier molecular flexibility index (Phi) is 7.88. The quantitative estimate of drug-likeness (QED) is 0.161. The van der Waals surface area contributed by atoms with Gasteiger partial charge in [-0.3, -0.25) is 0 Å². The molecule has 0 bridgehead atoms. The van der Waals surface area contributed by atoms with Crippen LogP contribution in [-0.4, -0.2) is 0 Å². The second-order valence-corrected chi connectivity index (χ2v) is 21.0. The molecule has 0 N–H and O–H groups in total. The molecule has 16 aromatic carbocycles. The molecule has 0 spiro atoms. The highest BCUT2D eigenvalue weighted by Crippen LogP contribution is 2.49. The lowest BCUT2D eigenvalue weighted by Crippen LogP contribution is -1.92. The molecule has 18 rings (SSSR count). The number of benzene rings is 16. The van der Waals surface area contributed by atoms with Gasteiger partial charge in [0.25, 0.3) is 0 Å². The van der Waals surface area contributed by atoms with Gasteiger partial charge >= 0.3 is 0 Å². The van der Waals surface area contributed by atoms with Gasteiger partial charge in [-0.05, 0) is 192 Å². The van der Waals surface area contributed by atoms with Crippen LogP contribution in [0.5, 0.6) is 0 Å². The molecular formula is C82H50O2. The summed E-state index contributed by atoms with van der Waals surface area (Å²) in [6.45, 7) is 0. The fourth-order valence-electron chi connectivity index (χ4n) is 12.5. The summed E-state index contributed by atoms with van der Waals surface area (Å²) < 4.78 is 157. The molecule has 0 aliphatic carbocycles. The second-order valence-electron chi connectivity index (χ2n) is 21.0. The normalized spacial score (nSPS) is 14.5. The Morgan fingerprint density at radius 2 is 0.548 bits per heavy atom. The maximum absolute atomic E-state index is 9.49. The molecule has 0 fully saturated rings. The smallest absolute Gasteiger partial charge is 0.136 e. The SMILES string of the molecule is [2H]c1c([2H])c([2H])c2c(-c3cc(-c4ccccc4)cc4ccccc34)c3c([2H])c([2H])c([2H])c([2H])c3c(-c3ccc4oc5cc6ccccc6cc5c4c3)c2c1[2H].[2H]c1c([2H])c([2H])c2c(-c3ccc4oc5cc6ccccc6cc5c4c3)c3c([2H])c([2H])c([2H])c([2H])c3c(-c3ccccc3)c2c1[2H]. The predicted molar refractivity (Wildman–Crippen MR) is 357 cm³/mol. The Hall–Kier alpha value is -11.1. The van der Waals surface area contributed by atoms with E-state index in [9.17, 15) is 5.48 Å². The molecule has 2 heterocycles. The highest BCUT2D eigenvalue weighted by Gasteiger charge is 2.22. The fraction of sp³-hybridized carbons (Fsp3) is 0. The van der Waals surface area contributed by atoms with Gasteiger partial charge in [-0.1, -0.05) is 242 Å². The van der Waals surface area contributed by atoms with Crippen LogP contribution in [0.4, 0.5) is 0 Å². The van der Waals surface area contributed by atoms with E-state index in [2.05, 4.69) is 12.1 Å². The molecule has 0 aliphatic heterocycles. The highest BCUT2D eigenvalue weighted by molar-refractivity contribution is 6.26. The highest BCUT2D eigenvalue weighted by atomic mass is 16.3. The first-order valence-electron chi connectivity index (χ1n) is 35.6. The van der Waals surface area contributed by atoms with Crippen LogP contribution in [0, 0.1) is 0 Å². The summed E-state index contributed by atoms with van der Waals surface area (Å²) in [7, 11) is 0. The minimum absolute atomic E-state index is 0.172. The van der Waals surface area contributed by atoms with Crippen molar-refractivity contribution >= 4 is 119 Å². The van der Waals surface area contributed by atoms with Gasteiger partial charge in [-0.2, -0.15) is 0 Å². The first-order valence-corrected chi connectivity index (χ1v) is 27.6. The average molecular weight is 1080 g/mol. The van der Waals surface area contributed by atoms with E-state index in [1.807, 2.05) is 152 Å². The first kappa shape index (κ1) is 34.3.